The summed E-state index contributed by atoms with van der Waals surface area (Å²) in [5.74, 6) is 0.0634. The van der Waals surface area contributed by atoms with Gasteiger partial charge in [-0.25, -0.2) is 4.79 Å². The van der Waals surface area contributed by atoms with Gasteiger partial charge in [0.2, 0.25) is 5.91 Å². The number of hydrogen-bond acceptors (Lipinski definition) is 3. The van der Waals surface area contributed by atoms with Crippen molar-refractivity contribution >= 4 is 12.0 Å². The van der Waals surface area contributed by atoms with E-state index in [1.807, 2.05) is 0 Å². The molecule has 1 aliphatic rings. The van der Waals surface area contributed by atoms with E-state index in [-0.39, 0.29) is 19.4 Å². The number of ether oxygens (including phenoxy) is 1. The van der Waals surface area contributed by atoms with Crippen LogP contribution in [0.25, 0.3) is 0 Å². The van der Waals surface area contributed by atoms with Crippen molar-refractivity contribution < 1.29 is 14.3 Å². The molecular formula is C10H20N2O3. The van der Waals surface area contributed by atoms with Crippen molar-refractivity contribution in [1.82, 2.24) is 9.80 Å². The molecule has 0 aliphatic carbocycles. The molecule has 0 aromatic heterocycles. The molecule has 0 bridgehead atoms. The van der Waals surface area contributed by atoms with Gasteiger partial charge in [-0.15, -0.1) is 0 Å². The molecule has 0 aromatic rings. The van der Waals surface area contributed by atoms with Crippen LogP contribution in [0.5, 0.6) is 0 Å². The number of amides is 2. The summed E-state index contributed by atoms with van der Waals surface area (Å²) in [6.07, 6.45) is -0.282. The van der Waals surface area contributed by atoms with Crippen LogP contribution >= 0.6 is 0 Å². The van der Waals surface area contributed by atoms with Gasteiger partial charge in [-0.05, 0) is 6.92 Å². The molecule has 88 valence electrons. The number of carbonyl (C=O) groups excluding carboxylic acids is 2. The Morgan fingerprint density at radius 2 is 1.60 bits per heavy atom. The zero-order valence-corrected chi connectivity index (χ0v) is 8.65. The topological polar surface area (TPSA) is 49.9 Å². The highest BCUT2D eigenvalue weighted by molar-refractivity contribution is 5.74. The lowest BCUT2D eigenvalue weighted by atomic mass is 10.3. The zero-order chi connectivity index (χ0) is 10.6. The number of rotatable bonds is 1. The van der Waals surface area contributed by atoms with E-state index >= 15 is 0 Å². The molecule has 0 aromatic carbocycles. The van der Waals surface area contributed by atoms with E-state index in [0.29, 0.717) is 32.8 Å². The maximum atomic E-state index is 11.3. The van der Waals surface area contributed by atoms with Crippen molar-refractivity contribution in [1.29, 1.82) is 0 Å². The monoisotopic (exact) mass is 216 g/mol. The summed E-state index contributed by atoms with van der Waals surface area (Å²) in [7, 11) is 0. The second kappa shape index (κ2) is 6.27. The predicted molar refractivity (Wildman–Crippen MR) is 57.6 cm³/mol. The summed E-state index contributed by atoms with van der Waals surface area (Å²) in [6, 6.07) is 0. The van der Waals surface area contributed by atoms with Crippen LogP contribution in [-0.2, 0) is 9.53 Å². The minimum absolute atomic E-state index is 0. The average molecular weight is 216 g/mol. The summed E-state index contributed by atoms with van der Waals surface area (Å²) >= 11 is 0. The van der Waals surface area contributed by atoms with E-state index in [1.165, 1.54) is 0 Å². The maximum absolute atomic E-state index is 11.3. The summed E-state index contributed by atoms with van der Waals surface area (Å²) in [6.45, 7) is 6.06. The van der Waals surface area contributed by atoms with E-state index in [4.69, 9.17) is 4.74 Å². The van der Waals surface area contributed by atoms with Gasteiger partial charge in [-0.2, -0.15) is 0 Å². The smallest absolute Gasteiger partial charge is 0.409 e. The Labute approximate surface area is 91.0 Å². The summed E-state index contributed by atoms with van der Waals surface area (Å²) < 4.78 is 4.86. The molecule has 0 saturated carbocycles. The second-order valence-electron chi connectivity index (χ2n) is 3.19. The molecule has 0 atom stereocenters. The third kappa shape index (κ3) is 3.77. The van der Waals surface area contributed by atoms with E-state index < -0.39 is 0 Å². The minimum Gasteiger partial charge on any atom is -0.450 e. The molecule has 2 amide bonds. The van der Waals surface area contributed by atoms with Gasteiger partial charge < -0.3 is 14.5 Å². The van der Waals surface area contributed by atoms with Crippen LogP contribution in [0.2, 0.25) is 0 Å². The summed E-state index contributed by atoms with van der Waals surface area (Å²) in [5, 5.41) is 0. The Morgan fingerprint density at radius 3 is 2.00 bits per heavy atom. The normalized spacial score (nSPS) is 15.6. The Bertz CT molecular complexity index is 223. The zero-order valence-electron chi connectivity index (χ0n) is 8.65. The van der Waals surface area contributed by atoms with Gasteiger partial charge in [-0.1, -0.05) is 7.43 Å². The number of nitrogens with zero attached hydrogens (tertiary/aromatic N) is 2. The Hall–Kier alpha value is -1.26. The first-order valence-corrected chi connectivity index (χ1v) is 4.82. The van der Waals surface area contributed by atoms with Crippen LogP contribution in [0.15, 0.2) is 0 Å². The fraction of sp³-hybridized carbons (Fsp3) is 0.800. The molecule has 1 fully saturated rings. The molecule has 1 aliphatic heterocycles. The molecule has 15 heavy (non-hydrogen) atoms. The maximum Gasteiger partial charge on any atom is 0.409 e. The van der Waals surface area contributed by atoms with Crippen molar-refractivity contribution in [3.63, 3.8) is 0 Å². The highest BCUT2D eigenvalue weighted by Gasteiger charge is 2.22. The second-order valence-corrected chi connectivity index (χ2v) is 3.19. The molecule has 0 radical (unpaired) electrons. The molecular weight excluding hydrogens is 196 g/mol. The van der Waals surface area contributed by atoms with Gasteiger partial charge in [0.1, 0.15) is 0 Å². The van der Waals surface area contributed by atoms with E-state index in [1.54, 1.807) is 23.6 Å². The number of carbonyl (C=O) groups is 2. The van der Waals surface area contributed by atoms with E-state index in [9.17, 15) is 9.59 Å². The highest BCUT2D eigenvalue weighted by atomic mass is 16.6. The van der Waals surface area contributed by atoms with E-state index in [0.717, 1.165) is 0 Å². The molecule has 1 rings (SSSR count). The van der Waals surface area contributed by atoms with Crippen LogP contribution in [-0.4, -0.2) is 54.6 Å². The fourth-order valence-corrected chi connectivity index (χ4v) is 1.42. The average Bonchev–Trinajstić information content (AvgIpc) is 2.18. The lowest BCUT2D eigenvalue weighted by Gasteiger charge is -2.33. The summed E-state index contributed by atoms with van der Waals surface area (Å²) in [4.78, 5) is 25.6. The lowest BCUT2D eigenvalue weighted by Crippen LogP contribution is -2.50. The molecule has 5 heteroatoms. The van der Waals surface area contributed by atoms with Crippen LogP contribution in [0.3, 0.4) is 0 Å². The number of hydrogen-bond donors (Lipinski definition) is 0. The van der Waals surface area contributed by atoms with Crippen LogP contribution < -0.4 is 0 Å². The van der Waals surface area contributed by atoms with Gasteiger partial charge in [-0.3, -0.25) is 4.79 Å². The van der Waals surface area contributed by atoms with Crippen molar-refractivity contribution in [3.05, 3.63) is 0 Å². The number of piperazine rings is 1. The van der Waals surface area contributed by atoms with Gasteiger partial charge in [0, 0.05) is 33.1 Å². The van der Waals surface area contributed by atoms with Crippen LogP contribution in [0, 0.1) is 0 Å². The minimum atomic E-state index is -0.282. The Kier molecular flexibility index (Phi) is 5.74. The quantitative estimate of drug-likeness (QED) is 0.655. The highest BCUT2D eigenvalue weighted by Crippen LogP contribution is 2.03. The first-order chi connectivity index (χ1) is 6.65. The predicted octanol–water partition coefficient (Wildman–Crippen LogP) is 0.943. The third-order valence-corrected chi connectivity index (χ3v) is 2.25. The Balaban J connectivity index is 0.00000196. The van der Waals surface area contributed by atoms with Gasteiger partial charge in [0.25, 0.3) is 0 Å². The molecule has 5 nitrogen and oxygen atoms in total. The largest absolute Gasteiger partial charge is 0.450 e. The van der Waals surface area contributed by atoms with Crippen LogP contribution in [0.1, 0.15) is 21.3 Å². The molecule has 0 spiro atoms. The molecule has 0 unspecified atom stereocenters. The van der Waals surface area contributed by atoms with Crippen molar-refractivity contribution in [3.8, 4) is 0 Å². The van der Waals surface area contributed by atoms with Crippen molar-refractivity contribution in [2.75, 3.05) is 32.8 Å². The summed E-state index contributed by atoms with van der Waals surface area (Å²) in [5.41, 5.74) is 0. The van der Waals surface area contributed by atoms with Gasteiger partial charge >= 0.3 is 6.09 Å². The van der Waals surface area contributed by atoms with Crippen LogP contribution in [0.4, 0.5) is 4.79 Å². The SMILES string of the molecule is C.CCOC(=O)N1CCN(C(C)=O)CC1. The fourth-order valence-electron chi connectivity index (χ4n) is 1.42. The van der Waals surface area contributed by atoms with Crippen molar-refractivity contribution in [2.24, 2.45) is 0 Å². The molecule has 1 heterocycles. The van der Waals surface area contributed by atoms with Crippen molar-refractivity contribution in [2.45, 2.75) is 21.3 Å². The first kappa shape index (κ1) is 13.7. The van der Waals surface area contributed by atoms with Gasteiger partial charge in [0.05, 0.1) is 6.61 Å². The lowest BCUT2D eigenvalue weighted by molar-refractivity contribution is -0.130. The standard InChI is InChI=1S/C9H16N2O3.CH4/c1-3-14-9(13)11-6-4-10(5-7-11)8(2)12;/h3-7H2,1-2H3;1H4. The molecule has 0 N–H and O–H groups in total. The van der Waals surface area contributed by atoms with Gasteiger partial charge in [0.15, 0.2) is 0 Å². The molecule has 1 saturated heterocycles. The first-order valence-electron chi connectivity index (χ1n) is 4.82. The Morgan fingerprint density at radius 1 is 1.13 bits per heavy atom. The third-order valence-electron chi connectivity index (χ3n) is 2.25. The van der Waals surface area contributed by atoms with E-state index in [2.05, 4.69) is 0 Å².